The zero-order chi connectivity index (χ0) is 13.8. The highest BCUT2D eigenvalue weighted by atomic mass is 19.1. The summed E-state index contributed by atoms with van der Waals surface area (Å²) >= 11 is 0. The second kappa shape index (κ2) is 5.88. The molecule has 0 fully saturated rings. The molecule has 0 aliphatic carbocycles. The van der Waals surface area contributed by atoms with E-state index >= 15 is 0 Å². The van der Waals surface area contributed by atoms with Crippen LogP contribution in [0.5, 0.6) is 0 Å². The third-order valence-electron chi connectivity index (χ3n) is 2.83. The standard InChI is InChI=1S/C13H18FN5/c1-9(2)18-12(6-13-16-8-17-19(13)3)11-5-4-10(14)7-15-11/h4-5,7-9,12,18H,6H2,1-3H3. The van der Waals surface area contributed by atoms with Crippen LogP contribution in [0.1, 0.15) is 31.4 Å². The van der Waals surface area contributed by atoms with Crippen LogP contribution >= 0.6 is 0 Å². The number of nitrogens with one attached hydrogen (secondary N) is 1. The zero-order valence-corrected chi connectivity index (χ0v) is 11.3. The minimum absolute atomic E-state index is 0.0106. The molecule has 0 radical (unpaired) electrons. The van der Waals surface area contributed by atoms with Gasteiger partial charge < -0.3 is 5.32 Å². The molecule has 0 aliphatic heterocycles. The molecule has 0 bridgehead atoms. The molecule has 19 heavy (non-hydrogen) atoms. The number of nitrogens with zero attached hydrogens (tertiary/aromatic N) is 4. The molecule has 0 saturated heterocycles. The molecule has 1 atom stereocenters. The van der Waals surface area contributed by atoms with Gasteiger partial charge in [-0.15, -0.1) is 0 Å². The van der Waals surface area contributed by atoms with Gasteiger partial charge >= 0.3 is 0 Å². The van der Waals surface area contributed by atoms with Crippen LogP contribution in [-0.4, -0.2) is 25.8 Å². The first-order chi connectivity index (χ1) is 9.06. The summed E-state index contributed by atoms with van der Waals surface area (Å²) in [5.74, 6) is 0.537. The first kappa shape index (κ1) is 13.6. The SMILES string of the molecule is CC(C)NC(Cc1ncnn1C)c1ccc(F)cn1. The Hall–Kier alpha value is -1.82. The van der Waals surface area contributed by atoms with Gasteiger partial charge in [0.25, 0.3) is 0 Å². The Bertz CT molecular complexity index is 520. The van der Waals surface area contributed by atoms with Crippen LogP contribution in [0.3, 0.4) is 0 Å². The highest BCUT2D eigenvalue weighted by Crippen LogP contribution is 2.16. The van der Waals surface area contributed by atoms with Gasteiger partial charge in [0.1, 0.15) is 18.0 Å². The zero-order valence-electron chi connectivity index (χ0n) is 11.3. The number of rotatable bonds is 5. The van der Waals surface area contributed by atoms with Gasteiger partial charge in [0, 0.05) is 19.5 Å². The van der Waals surface area contributed by atoms with E-state index in [4.69, 9.17) is 0 Å². The quantitative estimate of drug-likeness (QED) is 0.891. The van der Waals surface area contributed by atoms with E-state index in [1.807, 2.05) is 7.05 Å². The first-order valence-electron chi connectivity index (χ1n) is 6.26. The van der Waals surface area contributed by atoms with E-state index in [0.29, 0.717) is 12.5 Å². The fourth-order valence-electron chi connectivity index (χ4n) is 1.93. The van der Waals surface area contributed by atoms with Crippen LogP contribution in [0.25, 0.3) is 0 Å². The predicted molar refractivity (Wildman–Crippen MR) is 69.9 cm³/mol. The van der Waals surface area contributed by atoms with Crippen LogP contribution in [0.2, 0.25) is 0 Å². The number of hydrogen-bond donors (Lipinski definition) is 1. The van der Waals surface area contributed by atoms with Gasteiger partial charge in [-0.2, -0.15) is 5.10 Å². The van der Waals surface area contributed by atoms with Crippen LogP contribution in [0.4, 0.5) is 4.39 Å². The minimum Gasteiger partial charge on any atom is -0.306 e. The van der Waals surface area contributed by atoms with Crippen LogP contribution in [0.15, 0.2) is 24.7 Å². The maximum atomic E-state index is 12.9. The number of aromatic nitrogens is 4. The largest absolute Gasteiger partial charge is 0.306 e. The molecule has 2 aromatic heterocycles. The van der Waals surface area contributed by atoms with Gasteiger partial charge in [0.15, 0.2) is 0 Å². The van der Waals surface area contributed by atoms with Crippen molar-refractivity contribution in [3.8, 4) is 0 Å². The second-order valence-electron chi connectivity index (χ2n) is 4.78. The molecule has 5 nitrogen and oxygen atoms in total. The maximum absolute atomic E-state index is 12.9. The summed E-state index contributed by atoms with van der Waals surface area (Å²) in [6, 6.07) is 3.41. The second-order valence-corrected chi connectivity index (χ2v) is 4.78. The predicted octanol–water partition coefficient (Wildman–Crippen LogP) is 1.63. The third-order valence-corrected chi connectivity index (χ3v) is 2.83. The van der Waals surface area contributed by atoms with Crippen molar-refractivity contribution >= 4 is 0 Å². The molecule has 0 spiro atoms. The van der Waals surface area contributed by atoms with E-state index in [1.165, 1.54) is 18.6 Å². The van der Waals surface area contributed by atoms with Crippen LogP contribution in [0, 0.1) is 5.82 Å². The summed E-state index contributed by atoms with van der Waals surface area (Å²) in [6.45, 7) is 4.13. The van der Waals surface area contributed by atoms with Gasteiger partial charge in [-0.25, -0.2) is 9.37 Å². The number of hydrogen-bond acceptors (Lipinski definition) is 4. The lowest BCUT2D eigenvalue weighted by Crippen LogP contribution is -2.31. The van der Waals surface area contributed by atoms with Gasteiger partial charge in [-0.3, -0.25) is 9.67 Å². The Morgan fingerprint density at radius 1 is 1.32 bits per heavy atom. The molecule has 2 aromatic rings. The fraction of sp³-hybridized carbons (Fsp3) is 0.462. The van der Waals surface area contributed by atoms with Gasteiger partial charge in [0.2, 0.25) is 0 Å². The lowest BCUT2D eigenvalue weighted by atomic mass is 10.1. The fourth-order valence-corrected chi connectivity index (χ4v) is 1.93. The van der Waals surface area contributed by atoms with Crippen molar-refractivity contribution in [3.63, 3.8) is 0 Å². The average molecular weight is 263 g/mol. The Morgan fingerprint density at radius 3 is 2.63 bits per heavy atom. The molecule has 1 unspecified atom stereocenters. The van der Waals surface area contributed by atoms with Gasteiger partial charge in [0.05, 0.1) is 17.9 Å². The molecule has 6 heteroatoms. The highest BCUT2D eigenvalue weighted by molar-refractivity contribution is 5.12. The lowest BCUT2D eigenvalue weighted by molar-refractivity contribution is 0.450. The number of aryl methyl sites for hydroxylation is 1. The van der Waals surface area contributed by atoms with Crippen LogP contribution in [-0.2, 0) is 13.5 Å². The lowest BCUT2D eigenvalue weighted by Gasteiger charge is -2.20. The first-order valence-corrected chi connectivity index (χ1v) is 6.26. The Morgan fingerprint density at radius 2 is 2.11 bits per heavy atom. The molecule has 0 aromatic carbocycles. The Kier molecular flexibility index (Phi) is 4.21. The van der Waals surface area contributed by atoms with Crippen molar-refractivity contribution < 1.29 is 4.39 Å². The molecular weight excluding hydrogens is 245 g/mol. The van der Waals surface area contributed by atoms with E-state index in [-0.39, 0.29) is 11.9 Å². The normalized spacial score (nSPS) is 12.9. The number of pyridine rings is 1. The summed E-state index contributed by atoms with van der Waals surface area (Å²) in [6.07, 6.45) is 3.42. The van der Waals surface area contributed by atoms with E-state index in [0.717, 1.165) is 11.5 Å². The summed E-state index contributed by atoms with van der Waals surface area (Å²) < 4.78 is 14.7. The molecule has 1 N–H and O–H groups in total. The summed E-state index contributed by atoms with van der Waals surface area (Å²) in [7, 11) is 1.85. The van der Waals surface area contributed by atoms with Crippen molar-refractivity contribution in [2.24, 2.45) is 7.05 Å². The monoisotopic (exact) mass is 263 g/mol. The van der Waals surface area contributed by atoms with Crippen molar-refractivity contribution in [2.75, 3.05) is 0 Å². The minimum atomic E-state index is -0.328. The molecular formula is C13H18FN5. The van der Waals surface area contributed by atoms with E-state index in [2.05, 4.69) is 34.2 Å². The summed E-state index contributed by atoms with van der Waals surface area (Å²) in [5.41, 5.74) is 0.804. The van der Waals surface area contributed by atoms with E-state index in [9.17, 15) is 4.39 Å². The topological polar surface area (TPSA) is 55.6 Å². The van der Waals surface area contributed by atoms with Crippen molar-refractivity contribution in [3.05, 3.63) is 42.0 Å². The van der Waals surface area contributed by atoms with Crippen molar-refractivity contribution in [2.45, 2.75) is 32.4 Å². The third kappa shape index (κ3) is 3.57. The van der Waals surface area contributed by atoms with Crippen LogP contribution < -0.4 is 5.32 Å². The molecule has 0 saturated carbocycles. The molecule has 102 valence electrons. The molecule has 0 amide bonds. The molecule has 2 rings (SSSR count). The maximum Gasteiger partial charge on any atom is 0.141 e. The molecule has 0 aliphatic rings. The average Bonchev–Trinajstić information content (AvgIpc) is 2.75. The number of halogens is 1. The van der Waals surface area contributed by atoms with E-state index in [1.54, 1.807) is 10.7 Å². The Balaban J connectivity index is 2.20. The molecule has 2 heterocycles. The van der Waals surface area contributed by atoms with Gasteiger partial charge in [-0.05, 0) is 12.1 Å². The smallest absolute Gasteiger partial charge is 0.141 e. The Labute approximate surface area is 111 Å². The summed E-state index contributed by atoms with van der Waals surface area (Å²) in [4.78, 5) is 8.36. The highest BCUT2D eigenvalue weighted by Gasteiger charge is 2.17. The van der Waals surface area contributed by atoms with Gasteiger partial charge in [-0.1, -0.05) is 13.8 Å². The summed E-state index contributed by atoms with van der Waals surface area (Å²) in [5, 5.41) is 7.47. The van der Waals surface area contributed by atoms with Crippen molar-refractivity contribution in [1.82, 2.24) is 25.1 Å². The van der Waals surface area contributed by atoms with Crippen molar-refractivity contribution in [1.29, 1.82) is 0 Å². The van der Waals surface area contributed by atoms with E-state index < -0.39 is 0 Å².